The molecule has 164 valence electrons. The molecule has 1 aliphatic heterocycles. The molecule has 2 atom stereocenters. The summed E-state index contributed by atoms with van der Waals surface area (Å²) in [7, 11) is 3.24. The smallest absolute Gasteiger partial charge is 0.416 e. The first kappa shape index (κ1) is 22.3. The second-order valence-corrected chi connectivity index (χ2v) is 7.65. The highest BCUT2D eigenvalue weighted by atomic mass is 19.4. The number of ether oxygens (including phenoxy) is 2. The highest BCUT2D eigenvalue weighted by Gasteiger charge is 2.31. The molecule has 7 heteroatoms. The number of hydrogen-bond donors (Lipinski definition) is 1. The summed E-state index contributed by atoms with van der Waals surface area (Å²) in [4.78, 5) is 2.42. The van der Waals surface area contributed by atoms with Crippen LogP contribution in [0.1, 0.15) is 43.4 Å². The lowest BCUT2D eigenvalue weighted by molar-refractivity contribution is -0.137. The molecule has 0 spiro atoms. The zero-order valence-electron chi connectivity index (χ0n) is 17.6. The Morgan fingerprint density at radius 2 is 1.80 bits per heavy atom. The predicted molar refractivity (Wildman–Crippen MR) is 112 cm³/mol. The highest BCUT2D eigenvalue weighted by molar-refractivity contribution is 5.46. The quantitative estimate of drug-likeness (QED) is 0.616. The molecule has 1 N–H and O–H groups in total. The normalized spacial score (nSPS) is 20.1. The number of nitrogens with zero attached hydrogens (tertiary/aromatic N) is 1. The van der Waals surface area contributed by atoms with E-state index in [0.717, 1.165) is 37.9 Å². The molecular formula is C23H29F3N2O2. The summed E-state index contributed by atoms with van der Waals surface area (Å²) in [5.74, 6) is 1.40. The van der Waals surface area contributed by atoms with Gasteiger partial charge in [0.2, 0.25) is 0 Å². The molecule has 0 aromatic heterocycles. The number of anilines is 1. The summed E-state index contributed by atoms with van der Waals surface area (Å²) in [6, 6.07) is 12.0. The van der Waals surface area contributed by atoms with Crippen LogP contribution in [0.3, 0.4) is 0 Å². The zero-order valence-corrected chi connectivity index (χ0v) is 17.6. The standard InChI is InChI=1S/C23H29F3N2O2/c1-16-6-4-9-20(17-10-11-21(29-2)22(14-17)30-3)28(16)13-12-27-19-8-5-7-18(15-19)23(24,25)26/h5,7-8,10-11,14-16,20,27H,4,6,9,12-13H2,1-3H3/t16-,20-/m0/s1. The first-order valence-electron chi connectivity index (χ1n) is 10.2. The van der Waals surface area contributed by atoms with E-state index in [1.165, 1.54) is 11.6 Å². The Labute approximate surface area is 176 Å². The summed E-state index contributed by atoms with van der Waals surface area (Å²) < 4.78 is 49.6. The van der Waals surface area contributed by atoms with Crippen LogP contribution in [0, 0.1) is 0 Å². The molecule has 1 saturated heterocycles. The fourth-order valence-electron chi connectivity index (χ4n) is 4.17. The summed E-state index contributed by atoms with van der Waals surface area (Å²) >= 11 is 0. The third-order valence-corrected chi connectivity index (χ3v) is 5.75. The maximum atomic E-state index is 12.9. The van der Waals surface area contributed by atoms with Gasteiger partial charge in [-0.1, -0.05) is 18.6 Å². The SMILES string of the molecule is COc1ccc([C@@H]2CCC[C@H](C)N2CCNc2cccc(C(F)(F)F)c2)cc1OC. The number of likely N-dealkylation sites (tertiary alicyclic amines) is 1. The number of benzene rings is 2. The average Bonchev–Trinajstić information content (AvgIpc) is 2.74. The van der Waals surface area contributed by atoms with Crippen LogP contribution in [0.15, 0.2) is 42.5 Å². The topological polar surface area (TPSA) is 33.7 Å². The number of methoxy groups -OCH3 is 2. The number of halogens is 3. The molecule has 0 amide bonds. The summed E-state index contributed by atoms with van der Waals surface area (Å²) in [6.07, 6.45) is -1.06. The Balaban J connectivity index is 1.70. The van der Waals surface area contributed by atoms with E-state index in [9.17, 15) is 13.2 Å². The van der Waals surface area contributed by atoms with E-state index in [4.69, 9.17) is 9.47 Å². The second-order valence-electron chi connectivity index (χ2n) is 7.65. The number of alkyl halides is 3. The summed E-state index contributed by atoms with van der Waals surface area (Å²) in [5.41, 5.74) is 1.01. The monoisotopic (exact) mass is 422 g/mol. The van der Waals surface area contributed by atoms with Crippen molar-refractivity contribution in [2.45, 2.75) is 44.4 Å². The third-order valence-electron chi connectivity index (χ3n) is 5.75. The van der Waals surface area contributed by atoms with Crippen LogP contribution >= 0.6 is 0 Å². The van der Waals surface area contributed by atoms with Gasteiger partial charge in [0.25, 0.3) is 0 Å². The van der Waals surface area contributed by atoms with Crippen molar-refractivity contribution in [2.75, 3.05) is 32.6 Å². The molecule has 4 nitrogen and oxygen atoms in total. The van der Waals surface area contributed by atoms with Gasteiger partial charge in [0.05, 0.1) is 19.8 Å². The Bertz CT molecular complexity index is 841. The molecule has 2 aromatic rings. The Kier molecular flexibility index (Phi) is 7.13. The van der Waals surface area contributed by atoms with E-state index in [0.29, 0.717) is 29.8 Å². The van der Waals surface area contributed by atoms with Gasteiger partial charge in [-0.2, -0.15) is 13.2 Å². The third kappa shape index (κ3) is 5.19. The molecule has 1 heterocycles. The minimum atomic E-state index is -4.34. The van der Waals surface area contributed by atoms with E-state index in [1.807, 2.05) is 12.1 Å². The number of piperidine rings is 1. The molecule has 0 aliphatic carbocycles. The molecule has 3 rings (SSSR count). The lowest BCUT2D eigenvalue weighted by Crippen LogP contribution is -2.42. The van der Waals surface area contributed by atoms with Crippen molar-refractivity contribution < 1.29 is 22.6 Å². The van der Waals surface area contributed by atoms with E-state index in [-0.39, 0.29) is 6.04 Å². The van der Waals surface area contributed by atoms with Gasteiger partial charge in [-0.3, -0.25) is 4.90 Å². The molecule has 30 heavy (non-hydrogen) atoms. The predicted octanol–water partition coefficient (Wildman–Crippen LogP) is 5.75. The molecule has 0 bridgehead atoms. The van der Waals surface area contributed by atoms with Crippen molar-refractivity contribution in [1.29, 1.82) is 0 Å². The van der Waals surface area contributed by atoms with Gasteiger partial charge in [0, 0.05) is 30.9 Å². The van der Waals surface area contributed by atoms with E-state index < -0.39 is 11.7 Å². The summed E-state index contributed by atoms with van der Waals surface area (Å²) in [5, 5.41) is 3.15. The van der Waals surface area contributed by atoms with E-state index >= 15 is 0 Å². The van der Waals surface area contributed by atoms with Crippen LogP contribution in [0.2, 0.25) is 0 Å². The van der Waals surface area contributed by atoms with Crippen LogP contribution in [0.25, 0.3) is 0 Å². The molecule has 1 aliphatic rings. The average molecular weight is 422 g/mol. The van der Waals surface area contributed by atoms with Crippen molar-refractivity contribution in [3.05, 3.63) is 53.6 Å². The molecular weight excluding hydrogens is 393 g/mol. The van der Waals surface area contributed by atoms with Gasteiger partial charge in [-0.05, 0) is 55.7 Å². The van der Waals surface area contributed by atoms with Crippen molar-refractivity contribution in [3.8, 4) is 11.5 Å². The van der Waals surface area contributed by atoms with Crippen LogP contribution in [-0.2, 0) is 6.18 Å². The second kappa shape index (κ2) is 9.60. The van der Waals surface area contributed by atoms with Crippen LogP contribution in [0.4, 0.5) is 18.9 Å². The van der Waals surface area contributed by atoms with Gasteiger partial charge in [0.15, 0.2) is 11.5 Å². The minimum absolute atomic E-state index is 0.233. The number of rotatable bonds is 7. The fraction of sp³-hybridized carbons (Fsp3) is 0.478. The molecule has 1 fully saturated rings. The van der Waals surface area contributed by atoms with Crippen LogP contribution in [-0.4, -0.2) is 38.3 Å². The molecule has 2 aromatic carbocycles. The van der Waals surface area contributed by atoms with Crippen molar-refractivity contribution in [2.24, 2.45) is 0 Å². The van der Waals surface area contributed by atoms with Gasteiger partial charge >= 0.3 is 6.18 Å². The van der Waals surface area contributed by atoms with Crippen molar-refractivity contribution in [3.63, 3.8) is 0 Å². The first-order valence-corrected chi connectivity index (χ1v) is 10.2. The van der Waals surface area contributed by atoms with Gasteiger partial charge < -0.3 is 14.8 Å². The molecule has 0 radical (unpaired) electrons. The molecule has 0 unspecified atom stereocenters. The van der Waals surface area contributed by atoms with E-state index in [1.54, 1.807) is 20.3 Å². The van der Waals surface area contributed by atoms with Crippen molar-refractivity contribution in [1.82, 2.24) is 4.90 Å². The summed E-state index contributed by atoms with van der Waals surface area (Å²) in [6.45, 7) is 3.50. The fourth-order valence-corrected chi connectivity index (χ4v) is 4.17. The number of hydrogen-bond acceptors (Lipinski definition) is 4. The minimum Gasteiger partial charge on any atom is -0.493 e. The van der Waals surface area contributed by atoms with E-state index in [2.05, 4.69) is 23.2 Å². The largest absolute Gasteiger partial charge is 0.493 e. The Morgan fingerprint density at radius 1 is 1.03 bits per heavy atom. The first-order chi connectivity index (χ1) is 14.3. The zero-order chi connectivity index (χ0) is 21.7. The molecule has 0 saturated carbocycles. The number of nitrogens with one attached hydrogen (secondary N) is 1. The van der Waals surface area contributed by atoms with Gasteiger partial charge in [-0.25, -0.2) is 0 Å². The van der Waals surface area contributed by atoms with Crippen LogP contribution < -0.4 is 14.8 Å². The lowest BCUT2D eigenvalue weighted by atomic mass is 9.91. The Morgan fingerprint density at radius 3 is 2.50 bits per heavy atom. The van der Waals surface area contributed by atoms with Crippen molar-refractivity contribution >= 4 is 5.69 Å². The van der Waals surface area contributed by atoms with Gasteiger partial charge in [-0.15, -0.1) is 0 Å². The maximum absolute atomic E-state index is 12.9. The highest BCUT2D eigenvalue weighted by Crippen LogP contribution is 2.38. The Hall–Kier alpha value is -2.41. The van der Waals surface area contributed by atoms with Gasteiger partial charge in [0.1, 0.15) is 0 Å². The maximum Gasteiger partial charge on any atom is 0.416 e. The lowest BCUT2D eigenvalue weighted by Gasteiger charge is -2.41. The van der Waals surface area contributed by atoms with Crippen LogP contribution in [0.5, 0.6) is 11.5 Å².